The van der Waals surface area contributed by atoms with Gasteiger partial charge in [0.15, 0.2) is 11.5 Å². The number of ether oxygens (including phenoxy) is 4. The molecule has 0 spiro atoms. The summed E-state index contributed by atoms with van der Waals surface area (Å²) in [5.74, 6) is 4.15. The molecule has 140 valence electrons. The lowest BCUT2D eigenvalue weighted by Crippen LogP contribution is -2.38. The normalized spacial score (nSPS) is 21.0. The first-order valence-corrected chi connectivity index (χ1v) is 8.70. The maximum atomic E-state index is 6.11. The molecule has 2 unspecified atom stereocenters. The molecule has 0 radical (unpaired) electrons. The largest absolute Gasteiger partial charge is 0.497 e. The van der Waals surface area contributed by atoms with Crippen LogP contribution < -0.4 is 24.3 Å². The van der Waals surface area contributed by atoms with E-state index < -0.39 is 0 Å². The Balaban J connectivity index is 0.00000196. The minimum absolute atomic E-state index is 0. The third-order valence-corrected chi connectivity index (χ3v) is 4.96. The lowest BCUT2D eigenvalue weighted by Gasteiger charge is -2.32. The molecule has 0 saturated carbocycles. The van der Waals surface area contributed by atoms with Crippen molar-refractivity contribution in [3.8, 4) is 23.0 Å². The molecule has 2 atom stereocenters. The average molecular weight is 378 g/mol. The van der Waals surface area contributed by atoms with Gasteiger partial charge in [0.1, 0.15) is 11.5 Å². The summed E-state index contributed by atoms with van der Waals surface area (Å²) in [6.07, 6.45) is 1.11. The lowest BCUT2D eigenvalue weighted by molar-refractivity contribution is 0.0972. The molecule has 2 bridgehead atoms. The number of benzene rings is 2. The zero-order valence-electron chi connectivity index (χ0n) is 14.8. The second-order valence-electron chi connectivity index (χ2n) is 6.46. The molecule has 0 aliphatic carbocycles. The van der Waals surface area contributed by atoms with Crippen LogP contribution in [0.15, 0.2) is 42.5 Å². The number of halogens is 1. The van der Waals surface area contributed by atoms with Gasteiger partial charge in [-0.1, -0.05) is 12.1 Å². The van der Waals surface area contributed by atoms with Crippen molar-refractivity contribution in [2.45, 2.75) is 12.3 Å². The predicted octanol–water partition coefficient (Wildman–Crippen LogP) is 3.62. The van der Waals surface area contributed by atoms with E-state index in [9.17, 15) is 0 Å². The fraction of sp³-hybridized carbons (Fsp3) is 0.400. The molecule has 0 aromatic heterocycles. The Hall–Kier alpha value is -2.11. The fourth-order valence-corrected chi connectivity index (χ4v) is 3.56. The lowest BCUT2D eigenvalue weighted by atomic mass is 9.81. The number of piperidine rings is 1. The van der Waals surface area contributed by atoms with Gasteiger partial charge in [-0.2, -0.15) is 0 Å². The summed E-state index contributed by atoms with van der Waals surface area (Å²) < 4.78 is 22.2. The third-order valence-electron chi connectivity index (χ3n) is 4.96. The van der Waals surface area contributed by atoms with Gasteiger partial charge in [-0.3, -0.25) is 0 Å². The maximum absolute atomic E-state index is 6.11. The Morgan fingerprint density at radius 3 is 2.77 bits per heavy atom. The standard InChI is InChI=1S/C20H23NO4.ClH/c1-22-16-4-2-14(3-5-16)18-8-9-21-11-15(18)12-23-19-7-6-17-10-20(19)25-13-24-17;/h2-7,10,15,18,21H,8-9,11-13H2,1H3;1H. The van der Waals surface area contributed by atoms with Gasteiger partial charge in [-0.25, -0.2) is 0 Å². The molecule has 2 heterocycles. The van der Waals surface area contributed by atoms with Gasteiger partial charge in [0.25, 0.3) is 0 Å². The topological polar surface area (TPSA) is 49.0 Å². The Labute approximate surface area is 160 Å². The third kappa shape index (κ3) is 4.00. The zero-order valence-corrected chi connectivity index (χ0v) is 15.6. The van der Waals surface area contributed by atoms with Gasteiger partial charge in [-0.05, 0) is 48.7 Å². The highest BCUT2D eigenvalue weighted by Gasteiger charge is 2.27. The minimum atomic E-state index is 0. The Bertz CT molecular complexity index is 722. The first-order valence-electron chi connectivity index (χ1n) is 8.70. The van der Waals surface area contributed by atoms with E-state index in [0.717, 1.165) is 42.5 Å². The minimum Gasteiger partial charge on any atom is -0.497 e. The number of nitrogens with one attached hydrogen (secondary N) is 1. The van der Waals surface area contributed by atoms with Crippen LogP contribution >= 0.6 is 12.4 Å². The molecule has 6 heteroatoms. The highest BCUT2D eigenvalue weighted by molar-refractivity contribution is 5.85. The average Bonchev–Trinajstić information content (AvgIpc) is 2.68. The summed E-state index contributed by atoms with van der Waals surface area (Å²) in [4.78, 5) is 0. The molecular formula is C20H24ClNO4. The van der Waals surface area contributed by atoms with E-state index in [0.29, 0.717) is 18.4 Å². The van der Waals surface area contributed by atoms with E-state index >= 15 is 0 Å². The highest BCUT2D eigenvalue weighted by atomic mass is 35.5. The molecule has 0 amide bonds. The Morgan fingerprint density at radius 2 is 1.96 bits per heavy atom. The van der Waals surface area contributed by atoms with Gasteiger partial charge in [0.2, 0.25) is 6.79 Å². The first kappa shape index (κ1) is 18.7. The Morgan fingerprint density at radius 1 is 1.12 bits per heavy atom. The van der Waals surface area contributed by atoms with Crippen LogP contribution in [0.25, 0.3) is 0 Å². The van der Waals surface area contributed by atoms with Crippen molar-refractivity contribution >= 4 is 12.4 Å². The van der Waals surface area contributed by atoms with E-state index in [4.69, 9.17) is 18.9 Å². The molecule has 2 aliphatic heterocycles. The van der Waals surface area contributed by atoms with Gasteiger partial charge >= 0.3 is 0 Å². The zero-order chi connectivity index (χ0) is 17.1. The van der Waals surface area contributed by atoms with E-state index in [1.165, 1.54) is 5.56 Å². The van der Waals surface area contributed by atoms with Gasteiger partial charge in [0.05, 0.1) is 13.7 Å². The van der Waals surface area contributed by atoms with Crippen LogP contribution in [0.4, 0.5) is 0 Å². The van der Waals surface area contributed by atoms with E-state index in [1.54, 1.807) is 7.11 Å². The summed E-state index contributed by atoms with van der Waals surface area (Å²) in [7, 11) is 1.70. The highest BCUT2D eigenvalue weighted by Crippen LogP contribution is 2.36. The first-order chi connectivity index (χ1) is 12.3. The summed E-state index contributed by atoms with van der Waals surface area (Å²) in [5, 5.41) is 3.49. The number of hydrogen-bond donors (Lipinski definition) is 1. The molecule has 2 aromatic rings. The Kier molecular flexibility index (Phi) is 6.12. The SMILES string of the molecule is COc1ccc(C2CCNCC2COc2ccc3cc2OCO3)cc1.Cl. The molecule has 1 N–H and O–H groups in total. The second kappa shape index (κ2) is 8.52. The van der Waals surface area contributed by atoms with Crippen molar-refractivity contribution in [2.24, 2.45) is 5.92 Å². The molecule has 5 nitrogen and oxygen atoms in total. The number of fused-ring (bicyclic) bond motifs is 2. The summed E-state index contributed by atoms with van der Waals surface area (Å²) in [6, 6.07) is 14.1. The van der Waals surface area contributed by atoms with Gasteiger partial charge in [0, 0.05) is 18.5 Å². The molecule has 26 heavy (non-hydrogen) atoms. The molecule has 4 rings (SSSR count). The monoisotopic (exact) mass is 377 g/mol. The van der Waals surface area contributed by atoms with Crippen LogP contribution in [0.5, 0.6) is 23.0 Å². The van der Waals surface area contributed by atoms with Crippen LogP contribution in [0.1, 0.15) is 17.9 Å². The fourth-order valence-electron chi connectivity index (χ4n) is 3.56. The summed E-state index contributed by atoms with van der Waals surface area (Å²) in [6.45, 7) is 2.89. The van der Waals surface area contributed by atoms with Crippen molar-refractivity contribution in [3.63, 3.8) is 0 Å². The quantitative estimate of drug-likeness (QED) is 0.862. The molecule has 2 aromatic carbocycles. The van der Waals surface area contributed by atoms with Crippen LogP contribution in [0.2, 0.25) is 0 Å². The van der Waals surface area contributed by atoms with Crippen molar-refractivity contribution in [1.29, 1.82) is 0 Å². The maximum Gasteiger partial charge on any atom is 0.231 e. The van der Waals surface area contributed by atoms with E-state index in [-0.39, 0.29) is 19.2 Å². The number of methoxy groups -OCH3 is 1. The van der Waals surface area contributed by atoms with Crippen molar-refractivity contribution < 1.29 is 18.9 Å². The molecule has 1 fully saturated rings. The van der Waals surface area contributed by atoms with E-state index in [1.807, 2.05) is 30.3 Å². The second-order valence-corrected chi connectivity index (χ2v) is 6.46. The summed E-state index contributed by atoms with van der Waals surface area (Å²) >= 11 is 0. The van der Waals surface area contributed by atoms with Gasteiger partial charge < -0.3 is 24.3 Å². The van der Waals surface area contributed by atoms with Crippen molar-refractivity contribution in [3.05, 3.63) is 48.0 Å². The molecular weight excluding hydrogens is 354 g/mol. The van der Waals surface area contributed by atoms with Crippen LogP contribution in [-0.4, -0.2) is 33.6 Å². The van der Waals surface area contributed by atoms with E-state index in [2.05, 4.69) is 17.4 Å². The summed E-state index contributed by atoms with van der Waals surface area (Å²) in [5.41, 5.74) is 1.34. The van der Waals surface area contributed by atoms with Crippen molar-refractivity contribution in [1.82, 2.24) is 5.32 Å². The van der Waals surface area contributed by atoms with Gasteiger partial charge in [-0.15, -0.1) is 12.4 Å². The smallest absolute Gasteiger partial charge is 0.231 e. The molecule has 1 saturated heterocycles. The molecule has 2 aliphatic rings. The van der Waals surface area contributed by atoms with Crippen molar-refractivity contribution in [2.75, 3.05) is 33.6 Å². The van der Waals surface area contributed by atoms with Crippen LogP contribution in [0, 0.1) is 5.92 Å². The number of hydrogen-bond acceptors (Lipinski definition) is 5. The number of rotatable bonds is 5. The predicted molar refractivity (Wildman–Crippen MR) is 102 cm³/mol. The van der Waals surface area contributed by atoms with Crippen LogP contribution in [0.3, 0.4) is 0 Å². The van der Waals surface area contributed by atoms with Crippen LogP contribution in [-0.2, 0) is 0 Å².